The first-order valence-corrected chi connectivity index (χ1v) is 5.62. The minimum absolute atomic E-state index is 0.459. The zero-order valence-corrected chi connectivity index (χ0v) is 10.1. The number of aliphatic carboxylic acids is 1. The quantitative estimate of drug-likeness (QED) is 0.653. The van der Waals surface area contributed by atoms with Crippen LogP contribution in [0.1, 0.15) is 25.3 Å². The van der Waals surface area contributed by atoms with Gasteiger partial charge in [-0.2, -0.15) is 0 Å². The largest absolute Gasteiger partial charge is 0.480 e. The molecule has 1 rings (SSSR count). The summed E-state index contributed by atoms with van der Waals surface area (Å²) in [5, 5.41) is 14.8. The van der Waals surface area contributed by atoms with Crippen molar-refractivity contribution in [3.63, 3.8) is 0 Å². The first-order chi connectivity index (χ1) is 8.17. The summed E-state index contributed by atoms with van der Waals surface area (Å²) in [6.45, 7) is 2.42. The van der Waals surface area contributed by atoms with Crippen molar-refractivity contribution >= 4 is 11.9 Å². The second-order valence-electron chi connectivity index (χ2n) is 3.73. The van der Waals surface area contributed by atoms with Crippen molar-refractivity contribution in [1.82, 2.24) is 15.3 Å². The fourth-order valence-corrected chi connectivity index (χ4v) is 1.42. The Balaban J connectivity index is 2.50. The Kier molecular flexibility index (Phi) is 5.35. The van der Waals surface area contributed by atoms with Crippen LogP contribution in [0.2, 0.25) is 0 Å². The minimum Gasteiger partial charge on any atom is -0.480 e. The second kappa shape index (κ2) is 6.80. The Morgan fingerprint density at radius 2 is 2.12 bits per heavy atom. The Morgan fingerprint density at radius 1 is 1.47 bits per heavy atom. The van der Waals surface area contributed by atoms with Gasteiger partial charge in [-0.15, -0.1) is 0 Å². The van der Waals surface area contributed by atoms with E-state index in [0.717, 1.165) is 12.0 Å². The molecule has 0 saturated heterocycles. The van der Waals surface area contributed by atoms with Gasteiger partial charge in [0.1, 0.15) is 6.04 Å². The van der Waals surface area contributed by atoms with Crippen molar-refractivity contribution in [1.29, 1.82) is 0 Å². The van der Waals surface area contributed by atoms with E-state index in [-0.39, 0.29) is 0 Å². The highest BCUT2D eigenvalue weighted by atomic mass is 16.4. The molecule has 94 valence electrons. The third kappa shape index (κ3) is 4.36. The predicted molar refractivity (Wildman–Crippen MR) is 64.8 cm³/mol. The van der Waals surface area contributed by atoms with Crippen molar-refractivity contribution in [3.8, 4) is 0 Å². The smallest absolute Gasteiger partial charge is 0.320 e. The molecule has 0 aliphatic heterocycles. The van der Waals surface area contributed by atoms with E-state index >= 15 is 0 Å². The fourth-order valence-electron chi connectivity index (χ4n) is 1.42. The standard InChI is InChI=1S/C11H18N4O2/c1-3-4-9(10(16)17)13-5-8-6-14-11(12-2)15-7-8/h6-7,9,13H,3-5H2,1-2H3,(H,16,17)(H,12,14,15)/t9-/m0/s1. The molecule has 1 aromatic heterocycles. The van der Waals surface area contributed by atoms with Crippen molar-refractivity contribution in [2.45, 2.75) is 32.4 Å². The maximum Gasteiger partial charge on any atom is 0.320 e. The molecule has 6 nitrogen and oxygen atoms in total. The predicted octanol–water partition coefficient (Wildman–Crippen LogP) is 0.861. The third-order valence-corrected chi connectivity index (χ3v) is 2.36. The normalized spacial score (nSPS) is 12.1. The third-order valence-electron chi connectivity index (χ3n) is 2.36. The number of hydrogen-bond donors (Lipinski definition) is 3. The average Bonchev–Trinajstić information content (AvgIpc) is 2.34. The highest BCUT2D eigenvalue weighted by molar-refractivity contribution is 5.73. The molecule has 0 radical (unpaired) electrons. The highest BCUT2D eigenvalue weighted by Gasteiger charge is 2.15. The van der Waals surface area contributed by atoms with E-state index in [9.17, 15) is 4.79 Å². The van der Waals surface area contributed by atoms with Gasteiger partial charge in [-0.05, 0) is 6.42 Å². The van der Waals surface area contributed by atoms with Crippen LogP contribution < -0.4 is 10.6 Å². The van der Waals surface area contributed by atoms with Crippen molar-refractivity contribution in [3.05, 3.63) is 18.0 Å². The number of carboxylic acids is 1. The first-order valence-electron chi connectivity index (χ1n) is 5.62. The lowest BCUT2D eigenvalue weighted by molar-refractivity contribution is -0.139. The highest BCUT2D eigenvalue weighted by Crippen LogP contribution is 2.02. The van der Waals surface area contributed by atoms with E-state index < -0.39 is 12.0 Å². The van der Waals surface area contributed by atoms with Crippen LogP contribution in [0.15, 0.2) is 12.4 Å². The van der Waals surface area contributed by atoms with Crippen LogP contribution in [-0.2, 0) is 11.3 Å². The Labute approximate surface area is 100 Å². The Morgan fingerprint density at radius 3 is 2.59 bits per heavy atom. The lowest BCUT2D eigenvalue weighted by Gasteiger charge is -2.13. The summed E-state index contributed by atoms with van der Waals surface area (Å²) in [5.74, 6) is -0.267. The molecule has 0 fully saturated rings. The molecule has 0 unspecified atom stereocenters. The summed E-state index contributed by atoms with van der Waals surface area (Å²) >= 11 is 0. The topological polar surface area (TPSA) is 87.1 Å². The van der Waals surface area contributed by atoms with Gasteiger partial charge in [0, 0.05) is 31.5 Å². The molecule has 0 saturated carbocycles. The summed E-state index contributed by atoms with van der Waals surface area (Å²) in [6.07, 6.45) is 4.80. The molecular formula is C11H18N4O2. The molecule has 0 amide bonds. The minimum atomic E-state index is -0.820. The van der Waals surface area contributed by atoms with Gasteiger partial charge in [0.15, 0.2) is 0 Å². The van der Waals surface area contributed by atoms with Gasteiger partial charge >= 0.3 is 5.97 Å². The van der Waals surface area contributed by atoms with Crippen LogP contribution in [0.5, 0.6) is 0 Å². The zero-order valence-electron chi connectivity index (χ0n) is 10.1. The fraction of sp³-hybridized carbons (Fsp3) is 0.545. The molecule has 0 aliphatic carbocycles. The van der Waals surface area contributed by atoms with Crippen molar-refractivity contribution in [2.75, 3.05) is 12.4 Å². The van der Waals surface area contributed by atoms with E-state index in [4.69, 9.17) is 5.11 Å². The van der Waals surface area contributed by atoms with Gasteiger partial charge in [0.2, 0.25) is 5.95 Å². The van der Waals surface area contributed by atoms with E-state index in [1.807, 2.05) is 6.92 Å². The number of carboxylic acid groups (broad SMARTS) is 1. The average molecular weight is 238 g/mol. The van der Waals surface area contributed by atoms with Crippen LogP contribution in [-0.4, -0.2) is 34.1 Å². The molecule has 0 aromatic carbocycles. The van der Waals surface area contributed by atoms with Crippen LogP contribution in [0, 0.1) is 0 Å². The van der Waals surface area contributed by atoms with Gasteiger partial charge in [-0.3, -0.25) is 4.79 Å². The maximum absolute atomic E-state index is 10.9. The number of hydrogen-bond acceptors (Lipinski definition) is 5. The van der Waals surface area contributed by atoms with Crippen molar-refractivity contribution < 1.29 is 9.90 Å². The molecule has 1 aromatic rings. The van der Waals surface area contributed by atoms with Crippen LogP contribution >= 0.6 is 0 Å². The van der Waals surface area contributed by atoms with E-state index in [2.05, 4.69) is 20.6 Å². The first kappa shape index (κ1) is 13.4. The summed E-state index contributed by atoms with van der Waals surface area (Å²) in [7, 11) is 1.75. The number of rotatable bonds is 7. The summed E-state index contributed by atoms with van der Waals surface area (Å²) in [6, 6.07) is -0.510. The van der Waals surface area contributed by atoms with Crippen molar-refractivity contribution in [2.24, 2.45) is 0 Å². The van der Waals surface area contributed by atoms with Gasteiger partial charge in [-0.25, -0.2) is 9.97 Å². The van der Waals surface area contributed by atoms with E-state index in [1.54, 1.807) is 19.4 Å². The number of anilines is 1. The number of nitrogens with one attached hydrogen (secondary N) is 2. The molecule has 17 heavy (non-hydrogen) atoms. The SMILES string of the molecule is CCC[C@H](NCc1cnc(NC)nc1)C(=O)O. The molecule has 6 heteroatoms. The monoisotopic (exact) mass is 238 g/mol. The van der Waals surface area contributed by atoms with Crippen LogP contribution in [0.4, 0.5) is 5.95 Å². The number of aromatic nitrogens is 2. The summed E-state index contributed by atoms with van der Waals surface area (Å²) in [5.41, 5.74) is 0.867. The lowest BCUT2D eigenvalue weighted by Crippen LogP contribution is -2.36. The Bertz CT molecular complexity index is 353. The summed E-state index contributed by atoms with van der Waals surface area (Å²) in [4.78, 5) is 19.0. The van der Waals surface area contributed by atoms with Crippen LogP contribution in [0.3, 0.4) is 0 Å². The molecule has 0 aliphatic rings. The summed E-state index contributed by atoms with van der Waals surface area (Å²) < 4.78 is 0. The second-order valence-corrected chi connectivity index (χ2v) is 3.73. The van der Waals surface area contributed by atoms with Gasteiger partial charge in [-0.1, -0.05) is 13.3 Å². The molecule has 0 spiro atoms. The lowest BCUT2D eigenvalue weighted by atomic mass is 10.1. The van der Waals surface area contributed by atoms with E-state index in [0.29, 0.717) is 18.9 Å². The molecule has 1 heterocycles. The van der Waals surface area contributed by atoms with E-state index in [1.165, 1.54) is 0 Å². The zero-order chi connectivity index (χ0) is 12.7. The van der Waals surface area contributed by atoms with Gasteiger partial charge < -0.3 is 15.7 Å². The molecule has 0 bridgehead atoms. The van der Waals surface area contributed by atoms with Gasteiger partial charge in [0.05, 0.1) is 0 Å². The Hall–Kier alpha value is -1.69. The number of carbonyl (C=O) groups is 1. The molecule has 3 N–H and O–H groups in total. The van der Waals surface area contributed by atoms with Crippen LogP contribution in [0.25, 0.3) is 0 Å². The molecule has 1 atom stereocenters. The maximum atomic E-state index is 10.9. The molecular weight excluding hydrogens is 220 g/mol. The van der Waals surface area contributed by atoms with Gasteiger partial charge in [0.25, 0.3) is 0 Å². The number of nitrogens with zero attached hydrogens (tertiary/aromatic N) is 2.